The Hall–Kier alpha value is -2.09. The van der Waals surface area contributed by atoms with Crippen molar-refractivity contribution in [2.45, 2.75) is 30.8 Å². The minimum Gasteiger partial charge on any atom is -0.383 e. The normalized spacial score (nSPS) is 16.8. The van der Waals surface area contributed by atoms with Crippen LogP contribution in [0.1, 0.15) is 29.6 Å². The lowest BCUT2D eigenvalue weighted by Crippen LogP contribution is -2.62. The van der Waals surface area contributed by atoms with Gasteiger partial charge in [0.05, 0.1) is 0 Å². The van der Waals surface area contributed by atoms with Crippen molar-refractivity contribution in [3.63, 3.8) is 0 Å². The lowest BCUT2D eigenvalue weighted by molar-refractivity contribution is -0.216. The number of aliphatic hydroxyl groups is 1. The van der Waals surface area contributed by atoms with E-state index in [0.29, 0.717) is 6.42 Å². The van der Waals surface area contributed by atoms with E-state index in [2.05, 4.69) is 0 Å². The fourth-order valence-electron chi connectivity index (χ4n) is 1.90. The van der Waals surface area contributed by atoms with Gasteiger partial charge in [0, 0.05) is 5.56 Å². The molecule has 0 radical (unpaired) electrons. The van der Waals surface area contributed by atoms with Crippen molar-refractivity contribution in [2.24, 2.45) is 0 Å². The molecule has 0 aliphatic heterocycles. The van der Waals surface area contributed by atoms with E-state index in [1.165, 1.54) is 0 Å². The van der Waals surface area contributed by atoms with E-state index in [9.17, 15) is 27.9 Å². The molecule has 1 aliphatic carbocycles. The third kappa shape index (κ3) is 2.85. The monoisotopic (exact) mass is 302 g/mol. The number of benzene rings is 1. The van der Waals surface area contributed by atoms with E-state index < -0.39 is 29.2 Å². The molecule has 0 spiro atoms. The summed E-state index contributed by atoms with van der Waals surface area (Å²) in [5.41, 5.74) is 0.985. The molecule has 0 bridgehead atoms. The number of alkyl halides is 2. The highest BCUT2D eigenvalue weighted by atomic mass is 19.3. The number of hydrogen-bond acceptors (Lipinski definition) is 3. The second kappa shape index (κ2) is 5.36. The van der Waals surface area contributed by atoms with Crippen molar-refractivity contribution in [3.8, 4) is 0 Å². The lowest BCUT2D eigenvalue weighted by atomic mass is 9.75. The molecule has 0 heterocycles. The second-order valence-corrected chi connectivity index (χ2v) is 4.87. The Kier molecular flexibility index (Phi) is 3.91. The van der Waals surface area contributed by atoms with Crippen LogP contribution in [0.25, 0.3) is 0 Å². The van der Waals surface area contributed by atoms with Crippen LogP contribution in [0.4, 0.5) is 13.2 Å². The van der Waals surface area contributed by atoms with Gasteiger partial charge in [0.1, 0.15) is 11.4 Å². The van der Waals surface area contributed by atoms with Crippen molar-refractivity contribution in [1.29, 1.82) is 0 Å². The molecule has 0 aromatic heterocycles. The SMILES string of the molecule is O=C(NNC(=O)C(F)(F)C1(O)CCC1)c1ccc(F)cc1. The molecule has 1 saturated carbocycles. The van der Waals surface area contributed by atoms with Gasteiger partial charge in [-0.15, -0.1) is 0 Å². The summed E-state index contributed by atoms with van der Waals surface area (Å²) in [6.07, 6.45) is 0.0416. The van der Waals surface area contributed by atoms with Crippen LogP contribution >= 0.6 is 0 Å². The van der Waals surface area contributed by atoms with E-state index in [-0.39, 0.29) is 18.4 Å². The number of hydrogen-bond donors (Lipinski definition) is 3. The maximum absolute atomic E-state index is 13.7. The number of hydrazine groups is 1. The van der Waals surface area contributed by atoms with Crippen molar-refractivity contribution in [2.75, 3.05) is 0 Å². The molecule has 0 unspecified atom stereocenters. The molecule has 3 N–H and O–H groups in total. The van der Waals surface area contributed by atoms with E-state index in [4.69, 9.17) is 0 Å². The Labute approximate surface area is 118 Å². The summed E-state index contributed by atoms with van der Waals surface area (Å²) in [5, 5.41) is 9.56. The Morgan fingerprint density at radius 3 is 2.19 bits per heavy atom. The average Bonchev–Trinajstić information content (AvgIpc) is 2.42. The molecule has 2 amide bonds. The zero-order valence-corrected chi connectivity index (χ0v) is 10.8. The van der Waals surface area contributed by atoms with Crippen LogP contribution in [-0.2, 0) is 4.79 Å². The molecule has 8 heteroatoms. The zero-order chi connectivity index (χ0) is 15.7. The standard InChI is InChI=1S/C13H13F3N2O3/c14-9-4-2-8(3-5-9)10(19)17-18-11(20)13(15,16)12(21)6-1-7-12/h2-5,21H,1,6-7H2,(H,17,19)(H,18,20). The first-order valence-corrected chi connectivity index (χ1v) is 6.23. The third-order valence-corrected chi connectivity index (χ3v) is 3.45. The molecule has 5 nitrogen and oxygen atoms in total. The Morgan fingerprint density at radius 2 is 1.71 bits per heavy atom. The molecular weight excluding hydrogens is 289 g/mol. The number of carbonyl (C=O) groups excluding carboxylic acids is 2. The van der Waals surface area contributed by atoms with Crippen LogP contribution in [-0.4, -0.2) is 28.4 Å². The minimum absolute atomic E-state index is 0.0117. The maximum atomic E-state index is 13.7. The third-order valence-electron chi connectivity index (χ3n) is 3.45. The highest BCUT2D eigenvalue weighted by Crippen LogP contribution is 2.44. The molecule has 114 valence electrons. The number of halogens is 3. The summed E-state index contributed by atoms with van der Waals surface area (Å²) < 4.78 is 40.0. The van der Waals surface area contributed by atoms with Gasteiger partial charge in [-0.1, -0.05) is 0 Å². The van der Waals surface area contributed by atoms with Crippen molar-refractivity contribution >= 4 is 11.8 Å². The van der Waals surface area contributed by atoms with Crippen LogP contribution in [0.2, 0.25) is 0 Å². The number of amides is 2. The van der Waals surface area contributed by atoms with Gasteiger partial charge in [0.15, 0.2) is 0 Å². The van der Waals surface area contributed by atoms with Crippen molar-refractivity contribution in [3.05, 3.63) is 35.6 Å². The van der Waals surface area contributed by atoms with E-state index in [1.54, 1.807) is 10.9 Å². The van der Waals surface area contributed by atoms with Crippen molar-refractivity contribution < 1.29 is 27.9 Å². The first-order chi connectivity index (χ1) is 9.76. The zero-order valence-electron chi connectivity index (χ0n) is 10.8. The Bertz CT molecular complexity index is 556. The molecule has 1 aliphatic rings. The van der Waals surface area contributed by atoms with Crippen LogP contribution in [0, 0.1) is 5.82 Å². The van der Waals surface area contributed by atoms with E-state index in [1.807, 2.05) is 0 Å². The molecule has 1 aromatic rings. The largest absolute Gasteiger partial charge is 0.383 e. The minimum atomic E-state index is -4.00. The molecular formula is C13H13F3N2O3. The van der Waals surface area contributed by atoms with Gasteiger partial charge in [-0.25, -0.2) is 4.39 Å². The summed E-state index contributed by atoms with van der Waals surface area (Å²) in [4.78, 5) is 23.0. The first-order valence-electron chi connectivity index (χ1n) is 6.23. The number of carbonyl (C=O) groups is 2. The van der Waals surface area contributed by atoms with Crippen LogP contribution < -0.4 is 10.9 Å². The highest BCUT2D eigenvalue weighted by molar-refractivity contribution is 5.96. The molecule has 0 atom stereocenters. The molecule has 2 rings (SSSR count). The van der Waals surface area contributed by atoms with Gasteiger partial charge in [-0.05, 0) is 43.5 Å². The summed E-state index contributed by atoms with van der Waals surface area (Å²) >= 11 is 0. The summed E-state index contributed by atoms with van der Waals surface area (Å²) in [6.45, 7) is 0. The Balaban J connectivity index is 1.94. The fourth-order valence-corrected chi connectivity index (χ4v) is 1.90. The number of nitrogens with one attached hydrogen (secondary N) is 2. The van der Waals surface area contributed by atoms with Gasteiger partial charge in [-0.2, -0.15) is 8.78 Å². The summed E-state index contributed by atoms with van der Waals surface area (Å²) in [7, 11) is 0. The van der Waals surface area contributed by atoms with Crippen LogP contribution in [0.5, 0.6) is 0 Å². The topological polar surface area (TPSA) is 78.4 Å². The quantitative estimate of drug-likeness (QED) is 0.733. The summed E-state index contributed by atoms with van der Waals surface area (Å²) in [6, 6.07) is 4.30. The van der Waals surface area contributed by atoms with Crippen LogP contribution in [0.3, 0.4) is 0 Å². The van der Waals surface area contributed by atoms with Gasteiger partial charge < -0.3 is 5.11 Å². The Morgan fingerprint density at radius 1 is 1.14 bits per heavy atom. The fraction of sp³-hybridized carbons (Fsp3) is 0.385. The molecule has 1 aromatic carbocycles. The maximum Gasteiger partial charge on any atom is 0.354 e. The van der Waals surface area contributed by atoms with Gasteiger partial charge >= 0.3 is 11.8 Å². The van der Waals surface area contributed by atoms with E-state index in [0.717, 1.165) is 24.3 Å². The highest BCUT2D eigenvalue weighted by Gasteiger charge is 2.61. The van der Waals surface area contributed by atoms with Gasteiger partial charge in [0.2, 0.25) is 0 Å². The van der Waals surface area contributed by atoms with Crippen LogP contribution in [0.15, 0.2) is 24.3 Å². The van der Waals surface area contributed by atoms with Crippen molar-refractivity contribution in [1.82, 2.24) is 10.9 Å². The first kappa shape index (κ1) is 15.3. The molecule has 21 heavy (non-hydrogen) atoms. The predicted octanol–water partition coefficient (Wildman–Crippen LogP) is 1.14. The molecule has 0 saturated heterocycles. The predicted molar refractivity (Wildman–Crippen MR) is 65.8 cm³/mol. The van der Waals surface area contributed by atoms with Gasteiger partial charge in [-0.3, -0.25) is 20.4 Å². The average molecular weight is 302 g/mol. The lowest BCUT2D eigenvalue weighted by Gasteiger charge is -2.41. The van der Waals surface area contributed by atoms with Gasteiger partial charge in [0.25, 0.3) is 5.91 Å². The van der Waals surface area contributed by atoms with E-state index >= 15 is 0 Å². The number of rotatable bonds is 3. The smallest absolute Gasteiger partial charge is 0.354 e. The second-order valence-electron chi connectivity index (χ2n) is 4.87. The summed E-state index contributed by atoms with van der Waals surface area (Å²) in [5.74, 6) is -7.23. The molecule has 1 fully saturated rings.